The molecule has 1 aromatic rings. The molecule has 0 aliphatic rings. The van der Waals surface area contributed by atoms with E-state index in [4.69, 9.17) is 9.84 Å². The molecule has 0 radical (unpaired) electrons. The third-order valence-electron chi connectivity index (χ3n) is 2.14. The quantitative estimate of drug-likeness (QED) is 0.869. The van der Waals surface area contributed by atoms with Gasteiger partial charge in [0.2, 0.25) is 5.69 Å². The fourth-order valence-electron chi connectivity index (χ4n) is 1.50. The van der Waals surface area contributed by atoms with E-state index in [1.165, 1.54) is 7.11 Å². The number of carbonyl (C=O) groups is 1. The molecule has 1 rings (SSSR count). The number of aromatic nitrogens is 3. The van der Waals surface area contributed by atoms with Gasteiger partial charge in [-0.15, -0.1) is 5.10 Å². The lowest BCUT2D eigenvalue weighted by Crippen LogP contribution is -2.22. The molecule has 0 aliphatic carbocycles. The largest absolute Gasteiger partial charge is 0.476 e. The molecule has 102 valence electrons. The fourth-order valence-corrected chi connectivity index (χ4v) is 1.50. The van der Waals surface area contributed by atoms with Crippen LogP contribution in [0.5, 0.6) is 0 Å². The van der Waals surface area contributed by atoms with Crippen molar-refractivity contribution < 1.29 is 27.8 Å². The van der Waals surface area contributed by atoms with Crippen LogP contribution in [-0.4, -0.2) is 39.8 Å². The lowest BCUT2D eigenvalue weighted by molar-refractivity contribution is -0.145. The molecule has 0 saturated carbocycles. The maximum absolute atomic E-state index is 12.7. The van der Waals surface area contributed by atoms with Crippen LogP contribution in [0.4, 0.5) is 13.2 Å². The highest BCUT2D eigenvalue weighted by molar-refractivity contribution is 5.86. The Kier molecular flexibility index (Phi) is 4.28. The van der Waals surface area contributed by atoms with E-state index in [-0.39, 0.29) is 19.1 Å². The number of methoxy groups -OCH3 is 1. The maximum atomic E-state index is 12.7. The first kappa shape index (κ1) is 14.4. The second-order valence-electron chi connectivity index (χ2n) is 3.83. The van der Waals surface area contributed by atoms with Gasteiger partial charge in [-0.25, -0.2) is 9.48 Å². The number of hydrogen-bond acceptors (Lipinski definition) is 4. The first-order valence-electron chi connectivity index (χ1n) is 5.00. The highest BCUT2D eigenvalue weighted by atomic mass is 19.4. The molecule has 0 fully saturated rings. The Balaban J connectivity index is 3.09. The van der Waals surface area contributed by atoms with Gasteiger partial charge in [0.1, 0.15) is 0 Å². The summed E-state index contributed by atoms with van der Waals surface area (Å²) in [6.45, 7) is 1.77. The molecular weight excluding hydrogens is 255 g/mol. The average Bonchev–Trinajstić information content (AvgIpc) is 2.61. The summed E-state index contributed by atoms with van der Waals surface area (Å²) in [5.74, 6) is -2.01. The Hall–Kier alpha value is -1.64. The minimum Gasteiger partial charge on any atom is -0.476 e. The third-order valence-corrected chi connectivity index (χ3v) is 2.14. The first-order chi connectivity index (χ1) is 8.27. The van der Waals surface area contributed by atoms with Crippen molar-refractivity contribution in [3.05, 3.63) is 11.4 Å². The lowest BCUT2D eigenvalue weighted by atomic mass is 10.2. The molecule has 0 amide bonds. The van der Waals surface area contributed by atoms with E-state index in [0.29, 0.717) is 4.68 Å². The van der Waals surface area contributed by atoms with Crippen LogP contribution in [0.2, 0.25) is 0 Å². The van der Waals surface area contributed by atoms with Gasteiger partial charge in [-0.3, -0.25) is 0 Å². The zero-order valence-corrected chi connectivity index (χ0v) is 9.73. The fraction of sp³-hybridized carbons (Fsp3) is 0.667. The summed E-state index contributed by atoms with van der Waals surface area (Å²) < 4.78 is 43.6. The molecule has 9 heteroatoms. The Morgan fingerprint density at radius 3 is 2.61 bits per heavy atom. The molecule has 0 bridgehead atoms. The molecule has 0 saturated heterocycles. The van der Waals surface area contributed by atoms with Gasteiger partial charge in [-0.05, 0) is 5.92 Å². The van der Waals surface area contributed by atoms with Crippen molar-refractivity contribution in [2.75, 3.05) is 13.7 Å². The van der Waals surface area contributed by atoms with Gasteiger partial charge in [0, 0.05) is 13.7 Å². The number of alkyl halides is 3. The predicted molar refractivity (Wildman–Crippen MR) is 53.0 cm³/mol. The van der Waals surface area contributed by atoms with Gasteiger partial charge in [0.15, 0.2) is 5.69 Å². The van der Waals surface area contributed by atoms with Gasteiger partial charge >= 0.3 is 12.1 Å². The van der Waals surface area contributed by atoms with E-state index in [0.717, 1.165) is 0 Å². The lowest BCUT2D eigenvalue weighted by Gasteiger charge is -2.13. The number of rotatable bonds is 5. The van der Waals surface area contributed by atoms with Crippen molar-refractivity contribution in [3.63, 3.8) is 0 Å². The van der Waals surface area contributed by atoms with Gasteiger partial charge in [0.25, 0.3) is 0 Å². The van der Waals surface area contributed by atoms with Crippen molar-refractivity contribution in [2.24, 2.45) is 5.92 Å². The molecule has 1 unspecified atom stereocenters. The van der Waals surface area contributed by atoms with E-state index in [2.05, 4.69) is 10.3 Å². The molecule has 6 nitrogen and oxygen atoms in total. The second-order valence-corrected chi connectivity index (χ2v) is 3.83. The zero-order valence-electron chi connectivity index (χ0n) is 9.73. The van der Waals surface area contributed by atoms with E-state index >= 15 is 0 Å². The molecule has 1 atom stereocenters. The highest BCUT2D eigenvalue weighted by Gasteiger charge is 2.41. The number of halogens is 3. The van der Waals surface area contributed by atoms with Crippen LogP contribution in [0.25, 0.3) is 0 Å². The van der Waals surface area contributed by atoms with E-state index < -0.39 is 23.5 Å². The molecular formula is C9H12F3N3O3. The van der Waals surface area contributed by atoms with Crippen LogP contribution < -0.4 is 0 Å². The Morgan fingerprint density at radius 2 is 2.17 bits per heavy atom. The highest BCUT2D eigenvalue weighted by Crippen LogP contribution is 2.31. The topological polar surface area (TPSA) is 77.2 Å². The molecule has 1 heterocycles. The number of ether oxygens (including phenoxy) is 1. The number of nitrogens with zero attached hydrogens (tertiary/aromatic N) is 3. The molecule has 0 aliphatic heterocycles. The summed E-state index contributed by atoms with van der Waals surface area (Å²) >= 11 is 0. The Bertz CT molecular complexity index is 430. The SMILES string of the molecule is COCC(C)Cn1nnc(C(=O)O)c1C(F)(F)F. The smallest absolute Gasteiger partial charge is 0.435 e. The van der Waals surface area contributed by atoms with Gasteiger partial charge in [-0.2, -0.15) is 13.2 Å². The van der Waals surface area contributed by atoms with Crippen LogP contribution in [-0.2, 0) is 17.5 Å². The Morgan fingerprint density at radius 1 is 1.56 bits per heavy atom. The van der Waals surface area contributed by atoms with Crippen LogP contribution in [0.1, 0.15) is 23.1 Å². The summed E-state index contributed by atoms with van der Waals surface area (Å²) in [4.78, 5) is 10.7. The summed E-state index contributed by atoms with van der Waals surface area (Å²) in [5.41, 5.74) is -2.44. The zero-order chi connectivity index (χ0) is 13.9. The number of aromatic carboxylic acids is 1. The van der Waals surface area contributed by atoms with Crippen molar-refractivity contribution >= 4 is 5.97 Å². The van der Waals surface area contributed by atoms with Gasteiger partial charge in [0.05, 0.1) is 6.61 Å². The molecule has 1 N–H and O–H groups in total. The number of hydrogen-bond donors (Lipinski definition) is 1. The summed E-state index contributed by atoms with van der Waals surface area (Å²) in [6, 6.07) is 0. The molecule has 18 heavy (non-hydrogen) atoms. The van der Waals surface area contributed by atoms with Crippen molar-refractivity contribution in [2.45, 2.75) is 19.6 Å². The van der Waals surface area contributed by atoms with Crippen molar-refractivity contribution in [1.82, 2.24) is 15.0 Å². The van der Waals surface area contributed by atoms with E-state index in [9.17, 15) is 18.0 Å². The monoisotopic (exact) mass is 267 g/mol. The predicted octanol–water partition coefficient (Wildman–Crippen LogP) is 1.28. The van der Waals surface area contributed by atoms with Crippen LogP contribution in [0, 0.1) is 5.92 Å². The standard InChI is InChI=1S/C9H12F3N3O3/c1-5(4-18-2)3-15-7(9(10,11)12)6(8(16)17)13-14-15/h5H,3-4H2,1-2H3,(H,16,17). The average molecular weight is 267 g/mol. The maximum Gasteiger partial charge on any atom is 0.435 e. The summed E-state index contributed by atoms with van der Waals surface area (Å²) in [5, 5.41) is 14.9. The van der Waals surface area contributed by atoms with Crippen molar-refractivity contribution in [3.8, 4) is 0 Å². The van der Waals surface area contributed by atoms with Gasteiger partial charge in [-0.1, -0.05) is 12.1 Å². The molecule has 1 aromatic heterocycles. The minimum absolute atomic E-state index is 0.122. The molecule has 0 aromatic carbocycles. The summed E-state index contributed by atoms with van der Waals surface area (Å²) in [6.07, 6.45) is -4.82. The van der Waals surface area contributed by atoms with Crippen LogP contribution >= 0.6 is 0 Å². The van der Waals surface area contributed by atoms with Crippen LogP contribution in [0.15, 0.2) is 0 Å². The van der Waals surface area contributed by atoms with Gasteiger partial charge < -0.3 is 9.84 Å². The minimum atomic E-state index is -4.82. The normalized spacial score (nSPS) is 13.6. The number of carboxylic acid groups (broad SMARTS) is 1. The summed E-state index contributed by atoms with van der Waals surface area (Å²) in [7, 11) is 1.42. The van der Waals surface area contributed by atoms with E-state index in [1.54, 1.807) is 6.92 Å². The second kappa shape index (κ2) is 5.34. The Labute approximate surface area is 100 Å². The van der Waals surface area contributed by atoms with Crippen LogP contribution in [0.3, 0.4) is 0 Å². The third kappa shape index (κ3) is 3.19. The first-order valence-corrected chi connectivity index (χ1v) is 5.00. The molecule has 0 spiro atoms. The van der Waals surface area contributed by atoms with Crippen molar-refractivity contribution in [1.29, 1.82) is 0 Å². The van der Waals surface area contributed by atoms with E-state index in [1.807, 2.05) is 0 Å². The number of carboxylic acids is 1.